The maximum atomic E-state index is 11.9. The van der Waals surface area contributed by atoms with Crippen LogP contribution >= 0.6 is 11.3 Å². The maximum absolute atomic E-state index is 11.9. The number of carbonyl (C=O) groups excluding carboxylic acids is 1. The lowest BCUT2D eigenvalue weighted by molar-refractivity contribution is 0.175. The van der Waals surface area contributed by atoms with Crippen molar-refractivity contribution < 1.29 is 14.6 Å². The summed E-state index contributed by atoms with van der Waals surface area (Å²) in [5, 5.41) is 19.1. The van der Waals surface area contributed by atoms with Gasteiger partial charge in [-0.25, -0.2) is 4.79 Å². The Kier molecular flexibility index (Phi) is 5.80. The molecule has 2 aromatic rings. The molecule has 0 aliphatic heterocycles. The van der Waals surface area contributed by atoms with Crippen molar-refractivity contribution in [2.24, 2.45) is 0 Å². The number of aliphatic hydroxyl groups excluding tert-OH is 1. The summed E-state index contributed by atoms with van der Waals surface area (Å²) < 4.78 is 5.41. The molecule has 0 aliphatic rings. The van der Waals surface area contributed by atoms with Crippen molar-refractivity contribution in [3.63, 3.8) is 0 Å². The molecular formula is C16H20N2O3S. The Morgan fingerprint density at radius 3 is 2.86 bits per heavy atom. The van der Waals surface area contributed by atoms with Gasteiger partial charge in [0.15, 0.2) is 0 Å². The first-order valence-corrected chi connectivity index (χ1v) is 8.03. The summed E-state index contributed by atoms with van der Waals surface area (Å²) in [6.07, 6.45) is -0.696. The van der Waals surface area contributed by atoms with Crippen LogP contribution in [0.4, 0.5) is 10.5 Å². The highest BCUT2D eigenvalue weighted by Crippen LogP contribution is 2.21. The number of nitrogens with one attached hydrogen (secondary N) is 2. The maximum Gasteiger partial charge on any atom is 0.319 e. The van der Waals surface area contributed by atoms with Crippen molar-refractivity contribution >= 4 is 23.1 Å². The number of rotatable bonds is 6. The Labute approximate surface area is 133 Å². The number of hydrogen-bond acceptors (Lipinski definition) is 4. The zero-order valence-electron chi connectivity index (χ0n) is 12.6. The van der Waals surface area contributed by atoms with Crippen molar-refractivity contribution in [2.75, 3.05) is 18.5 Å². The fourth-order valence-corrected chi connectivity index (χ4v) is 2.68. The lowest BCUT2D eigenvalue weighted by Crippen LogP contribution is -2.32. The van der Waals surface area contributed by atoms with E-state index < -0.39 is 6.10 Å². The van der Waals surface area contributed by atoms with Gasteiger partial charge < -0.3 is 20.5 Å². The van der Waals surface area contributed by atoms with Gasteiger partial charge in [-0.15, -0.1) is 0 Å². The Balaban J connectivity index is 1.86. The quantitative estimate of drug-likeness (QED) is 0.765. The van der Waals surface area contributed by atoms with E-state index in [2.05, 4.69) is 10.6 Å². The number of amides is 2. The molecule has 1 unspecified atom stereocenters. The minimum atomic E-state index is -0.696. The van der Waals surface area contributed by atoms with Crippen LogP contribution in [0.25, 0.3) is 0 Å². The van der Waals surface area contributed by atoms with Crippen molar-refractivity contribution in [1.29, 1.82) is 0 Å². The molecule has 3 N–H and O–H groups in total. The number of carbonyl (C=O) groups is 1. The summed E-state index contributed by atoms with van der Waals surface area (Å²) in [6, 6.07) is 6.98. The van der Waals surface area contributed by atoms with E-state index in [0.717, 1.165) is 16.9 Å². The zero-order valence-corrected chi connectivity index (χ0v) is 13.4. The fourth-order valence-electron chi connectivity index (χ4n) is 1.97. The molecule has 0 aliphatic carbocycles. The lowest BCUT2D eigenvalue weighted by Gasteiger charge is -2.13. The summed E-state index contributed by atoms with van der Waals surface area (Å²) in [7, 11) is 0. The molecule has 5 nitrogen and oxygen atoms in total. The van der Waals surface area contributed by atoms with E-state index in [1.54, 1.807) is 6.07 Å². The van der Waals surface area contributed by atoms with E-state index in [9.17, 15) is 9.90 Å². The van der Waals surface area contributed by atoms with Crippen LogP contribution in [-0.2, 0) is 0 Å². The minimum absolute atomic E-state index is 0.165. The van der Waals surface area contributed by atoms with Gasteiger partial charge in [0.05, 0.1) is 12.7 Å². The molecule has 0 saturated carbocycles. The summed E-state index contributed by atoms with van der Waals surface area (Å²) in [4.78, 5) is 11.9. The predicted octanol–water partition coefficient (Wildman–Crippen LogP) is 3.31. The van der Waals surface area contributed by atoms with Gasteiger partial charge in [-0.3, -0.25) is 0 Å². The summed E-state index contributed by atoms with van der Waals surface area (Å²) in [5.74, 6) is 0.777. The van der Waals surface area contributed by atoms with Crippen LogP contribution in [0.3, 0.4) is 0 Å². The van der Waals surface area contributed by atoms with Gasteiger partial charge in [0, 0.05) is 12.2 Å². The predicted molar refractivity (Wildman–Crippen MR) is 88.6 cm³/mol. The fraction of sp³-hybridized carbons (Fsp3) is 0.312. The van der Waals surface area contributed by atoms with Gasteiger partial charge >= 0.3 is 6.03 Å². The summed E-state index contributed by atoms with van der Waals surface area (Å²) in [6.45, 7) is 4.60. The highest BCUT2D eigenvalue weighted by molar-refractivity contribution is 7.07. The van der Waals surface area contributed by atoms with Gasteiger partial charge in [0.25, 0.3) is 0 Å². The number of thiophene rings is 1. The van der Waals surface area contributed by atoms with E-state index in [4.69, 9.17) is 4.74 Å². The standard InChI is InChI=1S/C16H20N2O3S/c1-3-21-13-4-5-14(11(2)8-13)18-16(20)17-9-15(19)12-6-7-22-10-12/h4-8,10,15,19H,3,9H2,1-2H3,(H2,17,18,20). The first kappa shape index (κ1) is 16.3. The van der Waals surface area contributed by atoms with Crippen molar-refractivity contribution in [3.05, 3.63) is 46.2 Å². The van der Waals surface area contributed by atoms with Crippen LogP contribution in [-0.4, -0.2) is 24.3 Å². The average molecular weight is 320 g/mol. The van der Waals surface area contributed by atoms with Gasteiger partial charge in [-0.2, -0.15) is 11.3 Å². The Bertz CT molecular complexity index is 614. The second kappa shape index (κ2) is 7.82. The number of ether oxygens (including phenoxy) is 1. The number of urea groups is 1. The smallest absolute Gasteiger partial charge is 0.319 e. The SMILES string of the molecule is CCOc1ccc(NC(=O)NCC(O)c2ccsc2)c(C)c1. The summed E-state index contributed by atoms with van der Waals surface area (Å²) >= 11 is 1.51. The highest BCUT2D eigenvalue weighted by atomic mass is 32.1. The molecule has 0 saturated heterocycles. The second-order valence-corrected chi connectivity index (χ2v) is 5.60. The van der Waals surface area contributed by atoms with E-state index in [-0.39, 0.29) is 12.6 Å². The molecule has 0 fully saturated rings. The zero-order chi connectivity index (χ0) is 15.9. The number of anilines is 1. The number of aryl methyl sites for hydroxylation is 1. The largest absolute Gasteiger partial charge is 0.494 e. The van der Waals surface area contributed by atoms with E-state index in [1.807, 2.05) is 42.8 Å². The van der Waals surface area contributed by atoms with Crippen LogP contribution in [0.15, 0.2) is 35.0 Å². The third-order valence-electron chi connectivity index (χ3n) is 3.14. The molecule has 22 heavy (non-hydrogen) atoms. The monoisotopic (exact) mass is 320 g/mol. The molecule has 0 bridgehead atoms. The molecule has 1 heterocycles. The van der Waals surface area contributed by atoms with E-state index in [0.29, 0.717) is 12.3 Å². The van der Waals surface area contributed by atoms with Gasteiger partial charge in [-0.1, -0.05) is 0 Å². The Hall–Kier alpha value is -2.05. The van der Waals surface area contributed by atoms with E-state index in [1.165, 1.54) is 11.3 Å². The molecule has 0 radical (unpaired) electrons. The molecule has 1 aromatic heterocycles. The van der Waals surface area contributed by atoms with Crippen molar-refractivity contribution in [1.82, 2.24) is 5.32 Å². The number of aliphatic hydroxyl groups is 1. The second-order valence-electron chi connectivity index (χ2n) is 4.82. The Morgan fingerprint density at radius 1 is 1.41 bits per heavy atom. The van der Waals surface area contributed by atoms with Crippen molar-refractivity contribution in [2.45, 2.75) is 20.0 Å². The number of hydrogen-bond donors (Lipinski definition) is 3. The van der Waals surface area contributed by atoms with Crippen LogP contribution < -0.4 is 15.4 Å². The molecule has 2 rings (SSSR count). The summed E-state index contributed by atoms with van der Waals surface area (Å²) in [5.41, 5.74) is 2.44. The molecule has 1 aromatic carbocycles. The number of benzene rings is 1. The molecule has 2 amide bonds. The molecule has 1 atom stereocenters. The van der Waals surface area contributed by atoms with Gasteiger partial charge in [0.1, 0.15) is 5.75 Å². The average Bonchev–Trinajstić information content (AvgIpc) is 3.02. The third kappa shape index (κ3) is 4.47. The topological polar surface area (TPSA) is 70.6 Å². The van der Waals surface area contributed by atoms with Crippen LogP contribution in [0.5, 0.6) is 5.75 Å². The molecule has 118 valence electrons. The van der Waals surface area contributed by atoms with Crippen LogP contribution in [0.1, 0.15) is 24.2 Å². The van der Waals surface area contributed by atoms with Crippen molar-refractivity contribution in [3.8, 4) is 5.75 Å². The van der Waals surface area contributed by atoms with Gasteiger partial charge in [0.2, 0.25) is 0 Å². The minimum Gasteiger partial charge on any atom is -0.494 e. The first-order chi connectivity index (χ1) is 10.6. The normalized spacial score (nSPS) is 11.8. The molecular weight excluding hydrogens is 300 g/mol. The first-order valence-electron chi connectivity index (χ1n) is 7.08. The van der Waals surface area contributed by atoms with Crippen LogP contribution in [0, 0.1) is 6.92 Å². The molecule has 6 heteroatoms. The third-order valence-corrected chi connectivity index (χ3v) is 3.84. The van der Waals surface area contributed by atoms with E-state index >= 15 is 0 Å². The highest BCUT2D eigenvalue weighted by Gasteiger charge is 2.10. The Morgan fingerprint density at radius 2 is 2.23 bits per heavy atom. The van der Waals surface area contributed by atoms with Crippen LogP contribution in [0.2, 0.25) is 0 Å². The molecule has 0 spiro atoms. The van der Waals surface area contributed by atoms with Gasteiger partial charge in [-0.05, 0) is 60.0 Å². The lowest BCUT2D eigenvalue weighted by atomic mass is 10.2.